The molecule has 1 fully saturated rings. The molecule has 1 aromatic heterocycles. The minimum Gasteiger partial charge on any atom is -0.465 e. The summed E-state index contributed by atoms with van der Waals surface area (Å²) in [5.41, 5.74) is 2.94. The normalized spacial score (nSPS) is 16.2. The summed E-state index contributed by atoms with van der Waals surface area (Å²) in [6.45, 7) is 1.01. The van der Waals surface area contributed by atoms with Crippen molar-refractivity contribution in [2.75, 3.05) is 27.1 Å². The van der Waals surface area contributed by atoms with Gasteiger partial charge < -0.3 is 29.2 Å². The van der Waals surface area contributed by atoms with Gasteiger partial charge in [0, 0.05) is 19.7 Å². The lowest BCUT2D eigenvalue weighted by Gasteiger charge is -2.32. The van der Waals surface area contributed by atoms with Crippen LogP contribution >= 0.6 is 0 Å². The average Bonchev–Trinajstić information content (AvgIpc) is 3.81. The van der Waals surface area contributed by atoms with E-state index >= 15 is 0 Å². The summed E-state index contributed by atoms with van der Waals surface area (Å²) in [6.07, 6.45) is 1.68. The van der Waals surface area contributed by atoms with Gasteiger partial charge in [-0.15, -0.1) is 5.10 Å². The fourth-order valence-corrected chi connectivity index (χ4v) is 5.32. The number of rotatable bonds is 10. The molecule has 0 unspecified atom stereocenters. The highest BCUT2D eigenvalue weighted by Crippen LogP contribution is 2.34. The zero-order valence-corrected chi connectivity index (χ0v) is 23.6. The highest BCUT2D eigenvalue weighted by Gasteiger charge is 2.33. The number of methoxy groups -OCH3 is 1. The maximum absolute atomic E-state index is 14.2. The SMILES string of the molecule is COC(=O)c1ccc([C@@H](C(=O)NC[C@H]2CCCO2)N(Cc2ccc3c(c2)OCO3)C(=O)Cn2nnc3ccccc32)cc1. The molecule has 2 aliphatic heterocycles. The van der Waals surface area contributed by atoms with E-state index in [0.717, 1.165) is 18.4 Å². The Balaban J connectivity index is 1.37. The van der Waals surface area contributed by atoms with Crippen molar-refractivity contribution in [1.29, 1.82) is 0 Å². The molecule has 6 rings (SSSR count). The Hall–Kier alpha value is -4.97. The van der Waals surface area contributed by atoms with Gasteiger partial charge in [0.2, 0.25) is 18.6 Å². The predicted octanol–water partition coefficient (Wildman–Crippen LogP) is 3.01. The standard InChI is InChI=1S/C31H31N5O7/c1-40-31(39)22-11-9-21(10-12-22)29(30(38)32-16-23-5-4-14-41-23)35(17-20-8-13-26-27(15-20)43-19-42-26)28(37)18-36-25-7-3-2-6-24(25)33-34-36/h2-3,6-13,15,23,29H,4-5,14,16-19H2,1H3,(H,32,38)/t23-,29+/m1/s1. The van der Waals surface area contributed by atoms with Crippen molar-refractivity contribution < 1.29 is 33.3 Å². The third kappa shape index (κ3) is 6.14. The lowest BCUT2D eigenvalue weighted by atomic mass is 10.0. The van der Waals surface area contributed by atoms with E-state index in [0.29, 0.717) is 46.8 Å². The molecule has 12 heteroatoms. The molecule has 2 amide bonds. The smallest absolute Gasteiger partial charge is 0.337 e. The van der Waals surface area contributed by atoms with Crippen LogP contribution < -0.4 is 14.8 Å². The molecule has 2 aliphatic rings. The average molecular weight is 586 g/mol. The molecular weight excluding hydrogens is 554 g/mol. The summed E-state index contributed by atoms with van der Waals surface area (Å²) in [5.74, 6) is -0.0623. The molecule has 4 aromatic rings. The third-order valence-electron chi connectivity index (χ3n) is 7.55. The molecule has 3 aromatic carbocycles. The lowest BCUT2D eigenvalue weighted by Crippen LogP contribution is -2.46. The second-order valence-electron chi connectivity index (χ2n) is 10.3. The van der Waals surface area contributed by atoms with Crippen LogP contribution in [0, 0.1) is 0 Å². The highest BCUT2D eigenvalue weighted by molar-refractivity contribution is 5.91. The molecule has 0 radical (unpaired) electrons. The summed E-state index contributed by atoms with van der Waals surface area (Å²) < 4.78 is 23.1. The summed E-state index contributed by atoms with van der Waals surface area (Å²) in [4.78, 5) is 41.8. The Labute approximate surface area is 247 Å². The number of hydrogen-bond acceptors (Lipinski definition) is 9. The number of amides is 2. The number of nitrogens with one attached hydrogen (secondary N) is 1. The van der Waals surface area contributed by atoms with Crippen molar-refractivity contribution in [3.8, 4) is 11.5 Å². The van der Waals surface area contributed by atoms with E-state index in [1.165, 1.54) is 16.7 Å². The van der Waals surface area contributed by atoms with Gasteiger partial charge in [-0.1, -0.05) is 35.5 Å². The second kappa shape index (κ2) is 12.5. The van der Waals surface area contributed by atoms with Gasteiger partial charge in [-0.3, -0.25) is 9.59 Å². The van der Waals surface area contributed by atoms with Crippen LogP contribution in [0.3, 0.4) is 0 Å². The maximum atomic E-state index is 14.2. The molecule has 0 saturated carbocycles. The summed E-state index contributed by atoms with van der Waals surface area (Å²) in [6, 6.07) is 18.2. The summed E-state index contributed by atoms with van der Waals surface area (Å²) in [7, 11) is 1.30. The highest BCUT2D eigenvalue weighted by atomic mass is 16.7. The van der Waals surface area contributed by atoms with Gasteiger partial charge in [0.25, 0.3) is 0 Å². The van der Waals surface area contributed by atoms with Gasteiger partial charge in [-0.05, 0) is 60.4 Å². The first-order valence-electron chi connectivity index (χ1n) is 14.0. The number of para-hydroxylation sites is 1. The van der Waals surface area contributed by atoms with Crippen LogP contribution in [0.5, 0.6) is 11.5 Å². The van der Waals surface area contributed by atoms with Crippen molar-refractivity contribution in [1.82, 2.24) is 25.2 Å². The van der Waals surface area contributed by atoms with E-state index in [4.69, 9.17) is 18.9 Å². The van der Waals surface area contributed by atoms with Crippen LogP contribution in [-0.4, -0.2) is 70.8 Å². The number of hydrogen-bond donors (Lipinski definition) is 1. The monoisotopic (exact) mass is 585 g/mol. The minimum atomic E-state index is -1.04. The molecule has 2 atom stereocenters. The third-order valence-corrected chi connectivity index (χ3v) is 7.55. The molecule has 0 aliphatic carbocycles. The maximum Gasteiger partial charge on any atom is 0.337 e. The van der Waals surface area contributed by atoms with E-state index < -0.39 is 12.0 Å². The molecule has 1 saturated heterocycles. The van der Waals surface area contributed by atoms with E-state index in [2.05, 4.69) is 15.6 Å². The van der Waals surface area contributed by atoms with Gasteiger partial charge in [-0.25, -0.2) is 9.48 Å². The van der Waals surface area contributed by atoms with Crippen LogP contribution in [0.25, 0.3) is 11.0 Å². The molecular formula is C31H31N5O7. The van der Waals surface area contributed by atoms with Crippen LogP contribution in [-0.2, 0) is 32.2 Å². The molecule has 12 nitrogen and oxygen atoms in total. The first-order chi connectivity index (χ1) is 21.0. The Morgan fingerprint density at radius 1 is 1.07 bits per heavy atom. The van der Waals surface area contributed by atoms with Crippen molar-refractivity contribution in [2.24, 2.45) is 0 Å². The zero-order chi connectivity index (χ0) is 29.8. The molecule has 43 heavy (non-hydrogen) atoms. The lowest BCUT2D eigenvalue weighted by molar-refractivity contribution is -0.142. The Bertz CT molecular complexity index is 1630. The zero-order valence-electron chi connectivity index (χ0n) is 23.6. The van der Waals surface area contributed by atoms with E-state index in [1.807, 2.05) is 30.3 Å². The van der Waals surface area contributed by atoms with Crippen LogP contribution in [0.15, 0.2) is 66.7 Å². The minimum absolute atomic E-state index is 0.0822. The fraction of sp³-hybridized carbons (Fsp3) is 0.323. The first kappa shape index (κ1) is 28.2. The molecule has 0 bridgehead atoms. The van der Waals surface area contributed by atoms with E-state index in [-0.39, 0.29) is 37.8 Å². The Morgan fingerprint density at radius 3 is 2.67 bits per heavy atom. The van der Waals surface area contributed by atoms with E-state index in [9.17, 15) is 14.4 Å². The number of nitrogens with zero attached hydrogens (tertiary/aromatic N) is 4. The summed E-state index contributed by atoms with van der Waals surface area (Å²) >= 11 is 0. The van der Waals surface area contributed by atoms with Crippen molar-refractivity contribution in [3.05, 3.63) is 83.4 Å². The number of carbonyl (C=O) groups excluding carboxylic acids is 3. The summed E-state index contributed by atoms with van der Waals surface area (Å²) in [5, 5.41) is 11.4. The quantitative estimate of drug-likeness (QED) is 0.279. The molecule has 0 spiro atoms. The predicted molar refractivity (Wildman–Crippen MR) is 153 cm³/mol. The van der Waals surface area contributed by atoms with E-state index in [1.54, 1.807) is 36.4 Å². The largest absolute Gasteiger partial charge is 0.465 e. The first-order valence-corrected chi connectivity index (χ1v) is 14.0. The number of aromatic nitrogens is 3. The van der Waals surface area contributed by atoms with Crippen molar-refractivity contribution >= 4 is 28.8 Å². The number of carbonyl (C=O) groups is 3. The Morgan fingerprint density at radius 2 is 1.88 bits per heavy atom. The number of fused-ring (bicyclic) bond motifs is 2. The van der Waals surface area contributed by atoms with Crippen LogP contribution in [0.1, 0.15) is 40.4 Å². The Kier molecular flexibility index (Phi) is 8.18. The van der Waals surface area contributed by atoms with Crippen molar-refractivity contribution in [2.45, 2.75) is 38.1 Å². The molecule has 3 heterocycles. The number of benzene rings is 3. The topological polar surface area (TPSA) is 134 Å². The van der Waals surface area contributed by atoms with Gasteiger partial charge in [0.05, 0.1) is 24.3 Å². The van der Waals surface area contributed by atoms with Crippen LogP contribution in [0.2, 0.25) is 0 Å². The van der Waals surface area contributed by atoms with Gasteiger partial charge >= 0.3 is 5.97 Å². The van der Waals surface area contributed by atoms with Gasteiger partial charge in [0.1, 0.15) is 18.1 Å². The van der Waals surface area contributed by atoms with Crippen LogP contribution in [0.4, 0.5) is 0 Å². The number of esters is 1. The van der Waals surface area contributed by atoms with Gasteiger partial charge in [-0.2, -0.15) is 0 Å². The second-order valence-corrected chi connectivity index (χ2v) is 10.3. The molecule has 222 valence electrons. The van der Waals surface area contributed by atoms with Gasteiger partial charge in [0.15, 0.2) is 11.5 Å². The molecule has 1 N–H and O–H groups in total. The fourth-order valence-electron chi connectivity index (χ4n) is 5.32. The van der Waals surface area contributed by atoms with Crippen molar-refractivity contribution in [3.63, 3.8) is 0 Å². The number of ether oxygens (including phenoxy) is 4.